The largest absolute Gasteiger partial charge is 0.494 e. The van der Waals surface area contributed by atoms with Gasteiger partial charge in [0, 0.05) is 10.1 Å². The Kier molecular flexibility index (Phi) is 7.08. The number of fused-ring (bicyclic) bond motifs is 1. The summed E-state index contributed by atoms with van der Waals surface area (Å²) in [5.41, 5.74) is 1.59. The number of amides is 1. The van der Waals surface area contributed by atoms with Crippen LogP contribution in [0.1, 0.15) is 25.2 Å². The first-order chi connectivity index (χ1) is 15.4. The number of benzene rings is 2. The fourth-order valence-electron chi connectivity index (χ4n) is 3.27. The second-order valence-corrected chi connectivity index (χ2v) is 10.5. The third-order valence-electron chi connectivity index (χ3n) is 4.74. The van der Waals surface area contributed by atoms with Gasteiger partial charge in [0.25, 0.3) is 0 Å². The van der Waals surface area contributed by atoms with E-state index in [1.807, 2.05) is 18.2 Å². The highest BCUT2D eigenvalue weighted by Crippen LogP contribution is 2.39. The molecule has 0 radical (unpaired) electrons. The molecule has 0 saturated carbocycles. The van der Waals surface area contributed by atoms with Crippen LogP contribution in [0.4, 0.5) is 5.13 Å². The Morgan fingerprint density at radius 2 is 2.00 bits per heavy atom. The minimum absolute atomic E-state index is 0.0696. The van der Waals surface area contributed by atoms with Gasteiger partial charge in [-0.05, 0) is 42.0 Å². The predicted octanol–water partition coefficient (Wildman–Crippen LogP) is 6.83. The number of furan rings is 1. The van der Waals surface area contributed by atoms with Crippen molar-refractivity contribution < 1.29 is 13.9 Å². The number of rotatable bonds is 8. The van der Waals surface area contributed by atoms with Crippen LogP contribution in [-0.2, 0) is 17.8 Å². The number of anilines is 1. The number of nitrogens with zero attached hydrogens (tertiary/aromatic N) is 2. The molecular weight excluding hydrogens is 464 g/mol. The first-order valence-electron chi connectivity index (χ1n) is 10.2. The molecule has 2 aromatic carbocycles. The molecule has 32 heavy (non-hydrogen) atoms. The molecule has 0 atom stereocenters. The van der Waals surface area contributed by atoms with E-state index in [1.165, 1.54) is 16.2 Å². The number of carbonyl (C=O) groups is 1. The van der Waals surface area contributed by atoms with Crippen molar-refractivity contribution in [2.24, 2.45) is 0 Å². The van der Waals surface area contributed by atoms with Crippen molar-refractivity contribution in [3.63, 3.8) is 0 Å². The number of carbonyl (C=O) groups excluding carboxylic acids is 1. The lowest BCUT2D eigenvalue weighted by Crippen LogP contribution is -2.31. The lowest BCUT2D eigenvalue weighted by Gasteiger charge is -2.19. The fourth-order valence-corrected chi connectivity index (χ4v) is 5.38. The Bertz CT molecular complexity index is 1200. The number of methoxy groups -OCH3 is 1. The number of aromatic nitrogens is 1. The van der Waals surface area contributed by atoms with E-state index in [2.05, 4.69) is 26.0 Å². The molecule has 2 heterocycles. The first-order valence-corrected chi connectivity index (χ1v) is 12.2. The summed E-state index contributed by atoms with van der Waals surface area (Å²) in [6.45, 7) is 4.61. The molecule has 0 unspecified atom stereocenters. The van der Waals surface area contributed by atoms with Gasteiger partial charge < -0.3 is 9.15 Å². The minimum Gasteiger partial charge on any atom is -0.494 e. The summed E-state index contributed by atoms with van der Waals surface area (Å²) in [7, 11) is 1.59. The van der Waals surface area contributed by atoms with Crippen LogP contribution < -0.4 is 9.64 Å². The van der Waals surface area contributed by atoms with Gasteiger partial charge in [-0.3, -0.25) is 9.69 Å². The first kappa shape index (κ1) is 22.7. The van der Waals surface area contributed by atoms with Crippen LogP contribution in [0, 0.1) is 0 Å². The van der Waals surface area contributed by atoms with E-state index in [4.69, 9.17) is 25.7 Å². The molecule has 0 aliphatic heterocycles. The van der Waals surface area contributed by atoms with E-state index in [9.17, 15) is 4.79 Å². The molecule has 0 spiro atoms. The summed E-state index contributed by atoms with van der Waals surface area (Å²) < 4.78 is 11.7. The zero-order valence-corrected chi connectivity index (χ0v) is 20.4. The molecule has 0 fully saturated rings. The zero-order valence-electron chi connectivity index (χ0n) is 18.0. The molecule has 0 saturated heterocycles. The average molecular weight is 487 g/mol. The van der Waals surface area contributed by atoms with Crippen LogP contribution in [0.15, 0.2) is 64.1 Å². The minimum atomic E-state index is -0.0696. The molecule has 1 amide bonds. The molecule has 5 nitrogen and oxygen atoms in total. The van der Waals surface area contributed by atoms with E-state index >= 15 is 0 Å². The number of thiazole rings is 1. The topological polar surface area (TPSA) is 55.6 Å². The molecule has 4 rings (SSSR count). The molecule has 2 aromatic heterocycles. The maximum absolute atomic E-state index is 13.4. The quantitative estimate of drug-likeness (QED) is 0.255. The van der Waals surface area contributed by atoms with Crippen LogP contribution in [-0.4, -0.2) is 23.3 Å². The highest BCUT2D eigenvalue weighted by atomic mass is 35.5. The molecule has 0 aliphatic carbocycles. The lowest BCUT2D eigenvalue weighted by atomic mass is 10.1. The average Bonchev–Trinajstić information content (AvgIpc) is 3.43. The third-order valence-corrected chi connectivity index (χ3v) is 7.30. The number of hydrogen-bond acceptors (Lipinski definition) is 6. The molecule has 4 aromatic rings. The van der Waals surface area contributed by atoms with E-state index < -0.39 is 0 Å². The van der Waals surface area contributed by atoms with Gasteiger partial charge >= 0.3 is 0 Å². The van der Waals surface area contributed by atoms with Gasteiger partial charge in [-0.2, -0.15) is 0 Å². The van der Waals surface area contributed by atoms with Crippen molar-refractivity contribution in [3.05, 3.63) is 71.1 Å². The summed E-state index contributed by atoms with van der Waals surface area (Å²) in [4.78, 5) is 20.9. The van der Waals surface area contributed by atoms with E-state index in [-0.39, 0.29) is 18.9 Å². The monoisotopic (exact) mass is 486 g/mol. The van der Waals surface area contributed by atoms with Crippen LogP contribution in [0.2, 0.25) is 5.02 Å². The second kappa shape index (κ2) is 9.98. The van der Waals surface area contributed by atoms with Crippen molar-refractivity contribution in [3.8, 4) is 5.75 Å². The molecular formula is C24H23ClN2O3S2. The molecule has 0 aliphatic rings. The fraction of sp³-hybridized carbons (Fsp3) is 0.250. The number of halogens is 1. The van der Waals surface area contributed by atoms with Gasteiger partial charge in [0.2, 0.25) is 5.91 Å². The van der Waals surface area contributed by atoms with Gasteiger partial charge in [0.15, 0.2) is 5.13 Å². The number of ether oxygens (including phenoxy) is 1. The van der Waals surface area contributed by atoms with E-state index in [1.54, 1.807) is 48.2 Å². The number of hydrogen-bond donors (Lipinski definition) is 0. The Hall–Kier alpha value is -2.48. The van der Waals surface area contributed by atoms with Crippen molar-refractivity contribution in [2.75, 3.05) is 12.0 Å². The standard InChI is InChI=1S/C24H23ClN2O3S2/c1-15(2)31-18-8-6-16(7-9-18)13-21(28)27(14-17-5-4-12-30-17)24-26-22-20(29-3)11-10-19(25)23(22)32-24/h4-12,15H,13-14H2,1-3H3. The van der Waals surface area contributed by atoms with Gasteiger partial charge in [0.1, 0.15) is 17.0 Å². The predicted molar refractivity (Wildman–Crippen MR) is 132 cm³/mol. The van der Waals surface area contributed by atoms with Crippen molar-refractivity contribution in [2.45, 2.75) is 37.0 Å². The second-order valence-electron chi connectivity index (χ2n) is 7.47. The normalized spacial score (nSPS) is 11.3. The van der Waals surface area contributed by atoms with Gasteiger partial charge in [0.05, 0.1) is 36.1 Å². The maximum atomic E-state index is 13.4. The Balaban J connectivity index is 1.64. The summed E-state index contributed by atoms with van der Waals surface area (Å²) in [6.07, 6.45) is 1.86. The van der Waals surface area contributed by atoms with Crippen molar-refractivity contribution in [1.82, 2.24) is 4.98 Å². The van der Waals surface area contributed by atoms with Crippen LogP contribution >= 0.6 is 34.7 Å². The molecule has 166 valence electrons. The highest BCUT2D eigenvalue weighted by molar-refractivity contribution is 7.99. The third kappa shape index (κ3) is 5.11. The zero-order chi connectivity index (χ0) is 22.7. The molecule has 0 N–H and O–H groups in total. The van der Waals surface area contributed by atoms with Crippen LogP contribution in [0.3, 0.4) is 0 Å². The summed E-state index contributed by atoms with van der Waals surface area (Å²) in [6, 6.07) is 15.3. The lowest BCUT2D eigenvalue weighted by molar-refractivity contribution is -0.118. The van der Waals surface area contributed by atoms with Gasteiger partial charge in [-0.15, -0.1) is 11.8 Å². The van der Waals surface area contributed by atoms with Crippen molar-refractivity contribution >= 4 is 56.0 Å². The van der Waals surface area contributed by atoms with Crippen LogP contribution in [0.5, 0.6) is 5.75 Å². The van der Waals surface area contributed by atoms with Crippen molar-refractivity contribution in [1.29, 1.82) is 0 Å². The molecule has 0 bridgehead atoms. The Labute approximate surface area is 200 Å². The molecule has 8 heteroatoms. The van der Waals surface area contributed by atoms with Crippen LogP contribution in [0.25, 0.3) is 10.2 Å². The summed E-state index contributed by atoms with van der Waals surface area (Å²) in [5, 5.41) is 1.64. The summed E-state index contributed by atoms with van der Waals surface area (Å²) >= 11 is 9.57. The summed E-state index contributed by atoms with van der Waals surface area (Å²) in [5.74, 6) is 1.23. The Morgan fingerprint density at radius 1 is 1.22 bits per heavy atom. The maximum Gasteiger partial charge on any atom is 0.233 e. The SMILES string of the molecule is COc1ccc(Cl)c2sc(N(Cc3ccco3)C(=O)Cc3ccc(SC(C)C)cc3)nc12. The van der Waals surface area contributed by atoms with E-state index in [0.717, 1.165) is 10.3 Å². The van der Waals surface area contributed by atoms with Gasteiger partial charge in [-0.1, -0.05) is 48.9 Å². The van der Waals surface area contributed by atoms with E-state index in [0.29, 0.717) is 32.4 Å². The Morgan fingerprint density at radius 3 is 2.66 bits per heavy atom. The van der Waals surface area contributed by atoms with Gasteiger partial charge in [-0.25, -0.2) is 4.98 Å². The smallest absolute Gasteiger partial charge is 0.233 e. The highest BCUT2D eigenvalue weighted by Gasteiger charge is 2.23. The number of thioether (sulfide) groups is 1.